The lowest BCUT2D eigenvalue weighted by Crippen LogP contribution is -1.95. The molecule has 2 aromatic rings. The zero-order valence-electron chi connectivity index (χ0n) is 9.61. The van der Waals surface area contributed by atoms with E-state index in [1.165, 1.54) is 19.1 Å². The van der Waals surface area contributed by atoms with Gasteiger partial charge in [-0.05, 0) is 59.8 Å². The fraction of sp³-hybridized carbons (Fsp3) is 0.0714. The molecule has 0 atom stereocenters. The molecule has 18 heavy (non-hydrogen) atoms. The van der Waals surface area contributed by atoms with Gasteiger partial charge in [0.15, 0.2) is 17.3 Å². The molecule has 92 valence electrons. The smallest absolute Gasteiger partial charge is 0.166 e. The molecule has 0 aliphatic carbocycles. The lowest BCUT2D eigenvalue weighted by Gasteiger charge is -2.08. The summed E-state index contributed by atoms with van der Waals surface area (Å²) in [6, 6.07) is 11.5. The number of ketones is 1. The number of ether oxygens (including phenoxy) is 1. The number of carbonyl (C=O) groups excluding carboxylic acids is 1. The molecule has 0 saturated heterocycles. The molecule has 0 unspecified atom stereocenters. The van der Waals surface area contributed by atoms with E-state index < -0.39 is 5.82 Å². The lowest BCUT2D eigenvalue weighted by molar-refractivity contribution is 0.101. The maximum atomic E-state index is 13.7. The highest BCUT2D eigenvalue weighted by Gasteiger charge is 2.09. The minimum atomic E-state index is -0.539. The van der Waals surface area contributed by atoms with Crippen molar-refractivity contribution in [3.63, 3.8) is 0 Å². The van der Waals surface area contributed by atoms with Crippen LogP contribution < -0.4 is 4.74 Å². The zero-order chi connectivity index (χ0) is 13.1. The lowest BCUT2D eigenvalue weighted by atomic mass is 10.1. The molecule has 0 spiro atoms. The molecular formula is C14H10FIO2. The van der Waals surface area contributed by atoms with Gasteiger partial charge in [0, 0.05) is 5.56 Å². The van der Waals surface area contributed by atoms with E-state index >= 15 is 0 Å². The SMILES string of the molecule is CC(=O)c1ccc(Oc2ccccc2I)c(F)c1. The van der Waals surface area contributed by atoms with E-state index in [0.717, 1.165) is 3.57 Å². The predicted molar refractivity (Wildman–Crippen MR) is 75.6 cm³/mol. The summed E-state index contributed by atoms with van der Waals surface area (Å²) in [5.74, 6) is -0.00575. The van der Waals surface area contributed by atoms with Crippen LogP contribution in [0.25, 0.3) is 0 Å². The summed E-state index contributed by atoms with van der Waals surface area (Å²) < 4.78 is 20.1. The summed E-state index contributed by atoms with van der Waals surface area (Å²) in [7, 11) is 0. The first-order valence-electron chi connectivity index (χ1n) is 5.31. The molecule has 2 aromatic carbocycles. The third-order valence-corrected chi connectivity index (χ3v) is 3.29. The maximum absolute atomic E-state index is 13.7. The average molecular weight is 356 g/mol. The Morgan fingerprint density at radius 1 is 1.17 bits per heavy atom. The minimum absolute atomic E-state index is 0.115. The number of hydrogen-bond acceptors (Lipinski definition) is 2. The van der Waals surface area contributed by atoms with E-state index in [1.54, 1.807) is 12.1 Å². The van der Waals surface area contributed by atoms with Crippen molar-refractivity contribution in [2.45, 2.75) is 6.92 Å². The summed E-state index contributed by atoms with van der Waals surface area (Å²) in [4.78, 5) is 11.1. The van der Waals surface area contributed by atoms with Crippen molar-refractivity contribution in [1.82, 2.24) is 0 Å². The molecule has 0 bridgehead atoms. The van der Waals surface area contributed by atoms with Crippen molar-refractivity contribution in [3.8, 4) is 11.5 Å². The van der Waals surface area contributed by atoms with Gasteiger partial charge in [-0.15, -0.1) is 0 Å². The fourth-order valence-corrected chi connectivity index (χ4v) is 1.95. The van der Waals surface area contributed by atoms with E-state index in [9.17, 15) is 9.18 Å². The van der Waals surface area contributed by atoms with Crippen LogP contribution in [0.15, 0.2) is 42.5 Å². The van der Waals surface area contributed by atoms with Gasteiger partial charge in [0.2, 0.25) is 0 Å². The summed E-state index contributed by atoms with van der Waals surface area (Å²) in [5.41, 5.74) is 0.336. The van der Waals surface area contributed by atoms with E-state index in [2.05, 4.69) is 22.6 Å². The third kappa shape index (κ3) is 2.87. The van der Waals surface area contributed by atoms with Crippen LogP contribution in [0, 0.1) is 9.39 Å². The Hall–Kier alpha value is -1.43. The molecule has 0 aromatic heterocycles. The molecule has 2 rings (SSSR count). The van der Waals surface area contributed by atoms with Crippen LogP contribution in [0.4, 0.5) is 4.39 Å². The second-order valence-electron chi connectivity index (χ2n) is 3.73. The molecule has 0 amide bonds. The predicted octanol–water partition coefficient (Wildman–Crippen LogP) is 4.43. The van der Waals surface area contributed by atoms with Crippen LogP contribution >= 0.6 is 22.6 Å². The number of Topliss-reactive ketones (excluding diaryl/α,β-unsaturated/α-hetero) is 1. The number of halogens is 2. The maximum Gasteiger partial charge on any atom is 0.166 e. The van der Waals surface area contributed by atoms with Gasteiger partial charge in [0.25, 0.3) is 0 Å². The second kappa shape index (κ2) is 5.48. The molecule has 2 nitrogen and oxygen atoms in total. The molecule has 4 heteroatoms. The fourth-order valence-electron chi connectivity index (χ4n) is 1.45. The second-order valence-corrected chi connectivity index (χ2v) is 4.90. The monoisotopic (exact) mass is 356 g/mol. The van der Waals surface area contributed by atoms with Crippen molar-refractivity contribution in [2.75, 3.05) is 0 Å². The average Bonchev–Trinajstić information content (AvgIpc) is 2.34. The molecule has 0 heterocycles. The zero-order valence-corrected chi connectivity index (χ0v) is 11.8. The first kappa shape index (κ1) is 13.0. The molecule has 0 aliphatic heterocycles. The van der Waals surface area contributed by atoms with Gasteiger partial charge in [-0.2, -0.15) is 0 Å². The first-order valence-corrected chi connectivity index (χ1v) is 6.38. The molecule has 0 fully saturated rings. The van der Waals surface area contributed by atoms with Crippen molar-refractivity contribution in [2.24, 2.45) is 0 Å². The summed E-state index contributed by atoms with van der Waals surface area (Å²) >= 11 is 2.11. The van der Waals surface area contributed by atoms with Gasteiger partial charge in [0.1, 0.15) is 5.75 Å². The molecule has 0 radical (unpaired) electrons. The number of hydrogen-bond donors (Lipinski definition) is 0. The van der Waals surface area contributed by atoms with E-state index in [-0.39, 0.29) is 11.5 Å². The van der Waals surface area contributed by atoms with Gasteiger partial charge in [0.05, 0.1) is 3.57 Å². The largest absolute Gasteiger partial charge is 0.453 e. The van der Waals surface area contributed by atoms with Crippen molar-refractivity contribution in [1.29, 1.82) is 0 Å². The van der Waals surface area contributed by atoms with Crippen LogP contribution in [0.3, 0.4) is 0 Å². The van der Waals surface area contributed by atoms with Crippen LogP contribution in [0.2, 0.25) is 0 Å². The van der Waals surface area contributed by atoms with Crippen LogP contribution in [0.5, 0.6) is 11.5 Å². The van der Waals surface area contributed by atoms with Crippen LogP contribution in [-0.4, -0.2) is 5.78 Å². The van der Waals surface area contributed by atoms with Gasteiger partial charge in [-0.3, -0.25) is 4.79 Å². The highest BCUT2D eigenvalue weighted by atomic mass is 127. The summed E-state index contributed by atoms with van der Waals surface area (Å²) in [6.45, 7) is 1.40. The Balaban J connectivity index is 2.30. The van der Waals surface area contributed by atoms with Crippen molar-refractivity contribution in [3.05, 3.63) is 57.4 Å². The van der Waals surface area contributed by atoms with E-state index in [1.807, 2.05) is 18.2 Å². The Kier molecular flexibility index (Phi) is 3.96. The van der Waals surface area contributed by atoms with Crippen LogP contribution in [0.1, 0.15) is 17.3 Å². The molecule has 0 aliphatic rings. The highest BCUT2D eigenvalue weighted by Crippen LogP contribution is 2.28. The van der Waals surface area contributed by atoms with Crippen molar-refractivity contribution < 1.29 is 13.9 Å². The van der Waals surface area contributed by atoms with Gasteiger partial charge >= 0.3 is 0 Å². The number of benzene rings is 2. The van der Waals surface area contributed by atoms with Crippen LogP contribution in [-0.2, 0) is 0 Å². The third-order valence-electron chi connectivity index (χ3n) is 2.39. The summed E-state index contributed by atoms with van der Waals surface area (Å²) in [5, 5.41) is 0. The Bertz CT molecular complexity index is 596. The normalized spacial score (nSPS) is 10.2. The first-order chi connectivity index (χ1) is 8.58. The van der Waals surface area contributed by atoms with Gasteiger partial charge in [-0.1, -0.05) is 12.1 Å². The summed E-state index contributed by atoms with van der Waals surface area (Å²) in [6.07, 6.45) is 0. The van der Waals surface area contributed by atoms with E-state index in [0.29, 0.717) is 11.3 Å². The minimum Gasteiger partial charge on any atom is -0.453 e. The Morgan fingerprint density at radius 2 is 1.89 bits per heavy atom. The van der Waals surface area contributed by atoms with Gasteiger partial charge in [-0.25, -0.2) is 4.39 Å². The molecule has 0 N–H and O–H groups in total. The standard InChI is InChI=1S/C14H10FIO2/c1-9(17)10-6-7-13(11(15)8-10)18-14-5-3-2-4-12(14)16/h2-8H,1H3. The van der Waals surface area contributed by atoms with E-state index in [4.69, 9.17) is 4.74 Å². The number of para-hydroxylation sites is 1. The topological polar surface area (TPSA) is 26.3 Å². The number of carbonyl (C=O) groups is 1. The highest BCUT2D eigenvalue weighted by molar-refractivity contribution is 14.1. The van der Waals surface area contributed by atoms with Crippen molar-refractivity contribution >= 4 is 28.4 Å². The number of rotatable bonds is 3. The molecule has 0 saturated carbocycles. The Labute approximate surface area is 118 Å². The van der Waals surface area contributed by atoms with Gasteiger partial charge < -0.3 is 4.74 Å². The Morgan fingerprint density at radius 3 is 2.50 bits per heavy atom. The molecular weight excluding hydrogens is 346 g/mol. The quantitative estimate of drug-likeness (QED) is 0.601.